The van der Waals surface area contributed by atoms with Gasteiger partial charge in [-0.25, -0.2) is 14.6 Å². The molecule has 8 heteroatoms. The van der Waals surface area contributed by atoms with Crippen LogP contribution in [0.2, 0.25) is 0 Å². The fourth-order valence-electron chi connectivity index (χ4n) is 2.05. The lowest BCUT2D eigenvalue weighted by Gasteiger charge is -2.11. The third-order valence-corrected chi connectivity index (χ3v) is 3.17. The zero-order valence-electron chi connectivity index (χ0n) is 12.6. The Morgan fingerprint density at radius 2 is 2.26 bits per heavy atom. The van der Waals surface area contributed by atoms with Gasteiger partial charge in [0.05, 0.1) is 6.26 Å². The average Bonchev–Trinajstić information content (AvgIpc) is 3.25. The van der Waals surface area contributed by atoms with Crippen LogP contribution in [0.3, 0.4) is 0 Å². The number of aromatic nitrogens is 4. The minimum absolute atomic E-state index is 0.465. The summed E-state index contributed by atoms with van der Waals surface area (Å²) in [4.78, 5) is 8.32. The summed E-state index contributed by atoms with van der Waals surface area (Å²) < 4.78 is 12.3. The van der Waals surface area contributed by atoms with E-state index >= 15 is 0 Å². The minimum Gasteiger partial charge on any atom is -0.467 e. The molecule has 0 aliphatic carbocycles. The highest BCUT2D eigenvalue weighted by molar-refractivity contribution is 5.68. The smallest absolute Gasteiger partial charge is 0.181 e. The molecule has 0 bridgehead atoms. The van der Waals surface area contributed by atoms with E-state index in [0.29, 0.717) is 37.1 Å². The van der Waals surface area contributed by atoms with Crippen LogP contribution in [0, 0.1) is 0 Å². The van der Waals surface area contributed by atoms with Crippen LogP contribution in [-0.4, -0.2) is 32.9 Å². The second-order valence-corrected chi connectivity index (χ2v) is 4.82. The van der Waals surface area contributed by atoms with Gasteiger partial charge in [0.15, 0.2) is 11.6 Å². The summed E-state index contributed by atoms with van der Waals surface area (Å²) in [6, 6.07) is 5.54. The van der Waals surface area contributed by atoms with E-state index in [9.17, 15) is 0 Å². The first kappa shape index (κ1) is 15.0. The Hall–Kier alpha value is -2.87. The molecule has 0 saturated heterocycles. The van der Waals surface area contributed by atoms with Crippen molar-refractivity contribution in [3.8, 4) is 5.82 Å². The van der Waals surface area contributed by atoms with Crippen molar-refractivity contribution in [2.24, 2.45) is 0 Å². The number of furan rings is 1. The number of nitrogens with zero attached hydrogens (tertiary/aromatic N) is 4. The second kappa shape index (κ2) is 7.41. The quantitative estimate of drug-likeness (QED) is 0.611. The molecule has 0 aliphatic rings. The molecule has 23 heavy (non-hydrogen) atoms. The minimum atomic E-state index is 0.465. The fourth-order valence-corrected chi connectivity index (χ4v) is 2.05. The Morgan fingerprint density at radius 3 is 3.04 bits per heavy atom. The maximum atomic E-state index is 6.09. The van der Waals surface area contributed by atoms with Gasteiger partial charge < -0.3 is 20.2 Å². The highest BCUT2D eigenvalue weighted by Crippen LogP contribution is 2.20. The molecule has 3 rings (SSSR count). The lowest BCUT2D eigenvalue weighted by molar-refractivity contribution is 0.106. The van der Waals surface area contributed by atoms with Crippen LogP contribution in [0.4, 0.5) is 11.5 Å². The van der Waals surface area contributed by atoms with Gasteiger partial charge in [-0.2, -0.15) is 5.10 Å². The number of nitrogens with one attached hydrogen (secondary N) is 1. The summed E-state index contributed by atoms with van der Waals surface area (Å²) >= 11 is 0. The van der Waals surface area contributed by atoms with Gasteiger partial charge in [-0.1, -0.05) is 0 Å². The SMILES string of the molecule is Nc1c(NCCCOCc2ccco2)ncnc1-n1cccn1. The Bertz CT molecular complexity index is 712. The Balaban J connectivity index is 1.46. The van der Waals surface area contributed by atoms with Crippen molar-refractivity contribution in [3.63, 3.8) is 0 Å². The van der Waals surface area contributed by atoms with Crippen molar-refractivity contribution >= 4 is 11.5 Å². The Kier molecular flexibility index (Phi) is 4.85. The number of nitrogen functional groups attached to an aromatic ring is 1. The number of ether oxygens (including phenoxy) is 1. The van der Waals surface area contributed by atoms with Crippen molar-refractivity contribution in [1.82, 2.24) is 19.7 Å². The molecule has 0 unspecified atom stereocenters. The zero-order chi connectivity index (χ0) is 15.9. The van der Waals surface area contributed by atoms with Gasteiger partial charge in [0.2, 0.25) is 0 Å². The number of rotatable bonds is 8. The van der Waals surface area contributed by atoms with Crippen LogP contribution in [0.25, 0.3) is 5.82 Å². The summed E-state index contributed by atoms with van der Waals surface area (Å²) in [7, 11) is 0. The van der Waals surface area contributed by atoms with Crippen LogP contribution >= 0.6 is 0 Å². The van der Waals surface area contributed by atoms with Gasteiger partial charge in [-0.05, 0) is 24.6 Å². The largest absolute Gasteiger partial charge is 0.467 e. The predicted octanol–water partition coefficient (Wildman–Crippen LogP) is 1.86. The van der Waals surface area contributed by atoms with E-state index in [-0.39, 0.29) is 0 Å². The average molecular weight is 314 g/mol. The van der Waals surface area contributed by atoms with E-state index in [2.05, 4.69) is 20.4 Å². The molecule has 0 radical (unpaired) electrons. The maximum absolute atomic E-state index is 6.09. The molecule has 0 atom stereocenters. The number of hydrogen-bond acceptors (Lipinski definition) is 7. The van der Waals surface area contributed by atoms with E-state index in [0.717, 1.165) is 12.2 Å². The standard InChI is InChI=1S/C15H18N6O2/c16-13-14(18-11-19-15(13)21-7-2-6-20-21)17-5-3-8-22-10-12-4-1-9-23-12/h1-2,4,6-7,9,11H,3,5,8,10,16H2,(H,17,18,19). The highest BCUT2D eigenvalue weighted by atomic mass is 16.5. The summed E-state index contributed by atoms with van der Waals surface area (Å²) in [6.07, 6.45) is 7.37. The third-order valence-electron chi connectivity index (χ3n) is 3.17. The fraction of sp³-hybridized carbons (Fsp3) is 0.267. The van der Waals surface area contributed by atoms with Gasteiger partial charge >= 0.3 is 0 Å². The predicted molar refractivity (Wildman–Crippen MR) is 85.0 cm³/mol. The van der Waals surface area contributed by atoms with Crippen molar-refractivity contribution < 1.29 is 9.15 Å². The lowest BCUT2D eigenvalue weighted by atomic mass is 10.4. The molecular weight excluding hydrogens is 296 g/mol. The molecule has 0 saturated carbocycles. The Morgan fingerprint density at radius 1 is 1.30 bits per heavy atom. The number of hydrogen-bond donors (Lipinski definition) is 2. The molecule has 3 N–H and O–H groups in total. The molecule has 0 spiro atoms. The van der Waals surface area contributed by atoms with E-state index in [1.807, 2.05) is 18.2 Å². The molecule has 3 heterocycles. The molecule has 0 amide bonds. The van der Waals surface area contributed by atoms with Crippen molar-refractivity contribution in [3.05, 3.63) is 48.9 Å². The monoisotopic (exact) mass is 314 g/mol. The van der Waals surface area contributed by atoms with Crippen molar-refractivity contribution in [2.75, 3.05) is 24.2 Å². The Labute approximate surface area is 133 Å². The first-order valence-electron chi connectivity index (χ1n) is 7.29. The van der Waals surface area contributed by atoms with Gasteiger partial charge in [0.25, 0.3) is 0 Å². The lowest BCUT2D eigenvalue weighted by Crippen LogP contribution is -2.12. The number of anilines is 2. The normalized spacial score (nSPS) is 10.8. The van der Waals surface area contributed by atoms with Crippen LogP contribution in [-0.2, 0) is 11.3 Å². The van der Waals surface area contributed by atoms with E-state index in [1.165, 1.54) is 6.33 Å². The molecule has 8 nitrogen and oxygen atoms in total. The van der Waals surface area contributed by atoms with Crippen LogP contribution in [0.15, 0.2) is 47.6 Å². The molecular formula is C15H18N6O2. The maximum Gasteiger partial charge on any atom is 0.181 e. The van der Waals surface area contributed by atoms with E-state index in [1.54, 1.807) is 23.3 Å². The summed E-state index contributed by atoms with van der Waals surface area (Å²) in [5.74, 6) is 1.97. The molecule has 0 aliphatic heterocycles. The van der Waals surface area contributed by atoms with Gasteiger partial charge in [-0.3, -0.25) is 0 Å². The van der Waals surface area contributed by atoms with Gasteiger partial charge in [-0.15, -0.1) is 0 Å². The molecule has 120 valence electrons. The van der Waals surface area contributed by atoms with E-state index < -0.39 is 0 Å². The third kappa shape index (κ3) is 3.86. The first-order valence-corrected chi connectivity index (χ1v) is 7.29. The first-order chi connectivity index (χ1) is 11.3. The molecule has 0 aromatic carbocycles. The van der Waals surface area contributed by atoms with Crippen molar-refractivity contribution in [2.45, 2.75) is 13.0 Å². The summed E-state index contributed by atoms with van der Waals surface area (Å²) in [5, 5.41) is 7.31. The molecule has 3 aromatic heterocycles. The highest BCUT2D eigenvalue weighted by Gasteiger charge is 2.09. The van der Waals surface area contributed by atoms with Crippen molar-refractivity contribution in [1.29, 1.82) is 0 Å². The number of nitrogens with two attached hydrogens (primary N) is 1. The van der Waals surface area contributed by atoms with Gasteiger partial charge in [0, 0.05) is 25.5 Å². The summed E-state index contributed by atoms with van der Waals surface area (Å²) in [6.45, 7) is 1.79. The van der Waals surface area contributed by atoms with Crippen LogP contribution in [0.1, 0.15) is 12.2 Å². The zero-order valence-corrected chi connectivity index (χ0v) is 12.6. The molecule has 0 fully saturated rings. The van der Waals surface area contributed by atoms with Gasteiger partial charge in [0.1, 0.15) is 24.4 Å². The van der Waals surface area contributed by atoms with E-state index in [4.69, 9.17) is 14.9 Å². The second-order valence-electron chi connectivity index (χ2n) is 4.82. The summed E-state index contributed by atoms with van der Waals surface area (Å²) in [5.41, 5.74) is 6.55. The van der Waals surface area contributed by atoms with Crippen LogP contribution in [0.5, 0.6) is 0 Å². The molecule has 3 aromatic rings. The topological polar surface area (TPSA) is 104 Å². The van der Waals surface area contributed by atoms with Crippen LogP contribution < -0.4 is 11.1 Å².